The minimum Gasteiger partial charge on any atom is -0.447 e. The molecule has 1 saturated heterocycles. The van der Waals surface area contributed by atoms with Gasteiger partial charge in [-0.25, -0.2) is 14.1 Å². The highest BCUT2D eigenvalue weighted by Crippen LogP contribution is 2.19. The monoisotopic (exact) mass is 357 g/mol. The van der Waals surface area contributed by atoms with Gasteiger partial charge in [-0.1, -0.05) is 60.7 Å². The van der Waals surface area contributed by atoms with E-state index < -0.39 is 30.8 Å². The molecule has 0 spiro atoms. The minimum absolute atomic E-state index is 0.0665. The Morgan fingerprint density at radius 3 is 2.38 bits per heavy atom. The predicted molar refractivity (Wildman–Crippen MR) is 93.1 cm³/mol. The van der Waals surface area contributed by atoms with Gasteiger partial charge in [-0.05, 0) is 17.5 Å². The van der Waals surface area contributed by atoms with Gasteiger partial charge in [-0.3, -0.25) is 4.79 Å². The van der Waals surface area contributed by atoms with E-state index in [1.165, 1.54) is 0 Å². The van der Waals surface area contributed by atoms with E-state index in [4.69, 9.17) is 9.47 Å². The number of halogens is 1. The van der Waals surface area contributed by atoms with Gasteiger partial charge in [-0.2, -0.15) is 0 Å². The first-order chi connectivity index (χ1) is 12.6. The Balaban J connectivity index is 1.56. The standard InChI is InChI=1S/C20H20FNO4/c21-18(14-25-12-16-9-5-2-6-10-16)19(23)22-17(13-26-20(22)24)11-15-7-3-1-4-8-15/h1-10,17-18H,11-14H2. The van der Waals surface area contributed by atoms with E-state index in [9.17, 15) is 14.0 Å². The molecule has 5 nitrogen and oxygen atoms in total. The van der Waals surface area contributed by atoms with Crippen molar-refractivity contribution < 1.29 is 23.5 Å². The van der Waals surface area contributed by atoms with Crippen molar-refractivity contribution in [2.75, 3.05) is 13.2 Å². The lowest BCUT2D eigenvalue weighted by molar-refractivity contribution is -0.136. The Bertz CT molecular complexity index is 738. The van der Waals surface area contributed by atoms with Gasteiger partial charge in [0.05, 0.1) is 19.3 Å². The van der Waals surface area contributed by atoms with Crippen LogP contribution in [0.1, 0.15) is 11.1 Å². The number of rotatable bonds is 7. The molecule has 2 amide bonds. The smallest absolute Gasteiger partial charge is 0.417 e. The van der Waals surface area contributed by atoms with Crippen LogP contribution in [0.15, 0.2) is 60.7 Å². The van der Waals surface area contributed by atoms with Crippen LogP contribution in [0.3, 0.4) is 0 Å². The molecule has 1 aliphatic heterocycles. The number of ether oxygens (including phenoxy) is 2. The normalized spacial score (nSPS) is 17.8. The van der Waals surface area contributed by atoms with Crippen LogP contribution in [0, 0.1) is 0 Å². The van der Waals surface area contributed by atoms with E-state index in [1.807, 2.05) is 60.7 Å². The number of carbonyl (C=O) groups excluding carboxylic acids is 2. The average Bonchev–Trinajstić information content (AvgIpc) is 3.03. The topological polar surface area (TPSA) is 55.8 Å². The first-order valence-corrected chi connectivity index (χ1v) is 8.44. The highest BCUT2D eigenvalue weighted by molar-refractivity contribution is 5.96. The van der Waals surface area contributed by atoms with E-state index in [2.05, 4.69) is 0 Å². The van der Waals surface area contributed by atoms with Crippen LogP contribution >= 0.6 is 0 Å². The van der Waals surface area contributed by atoms with Crippen LogP contribution in [0.5, 0.6) is 0 Å². The van der Waals surface area contributed by atoms with Crippen molar-refractivity contribution in [2.45, 2.75) is 25.2 Å². The molecule has 1 heterocycles. The molecule has 6 heteroatoms. The number of imide groups is 1. The van der Waals surface area contributed by atoms with Crippen LogP contribution in [-0.2, 0) is 27.3 Å². The number of hydrogen-bond acceptors (Lipinski definition) is 4. The molecule has 2 unspecified atom stereocenters. The average molecular weight is 357 g/mol. The molecule has 3 rings (SSSR count). The SMILES string of the molecule is O=C1OCC(Cc2ccccc2)N1C(=O)C(F)COCc1ccccc1. The lowest BCUT2D eigenvalue weighted by Gasteiger charge is -2.21. The Morgan fingerprint density at radius 2 is 1.73 bits per heavy atom. The second-order valence-electron chi connectivity index (χ2n) is 6.10. The van der Waals surface area contributed by atoms with Gasteiger partial charge in [0, 0.05) is 0 Å². The highest BCUT2D eigenvalue weighted by Gasteiger charge is 2.41. The molecule has 0 saturated carbocycles. The van der Waals surface area contributed by atoms with Gasteiger partial charge in [0.1, 0.15) is 6.61 Å². The summed E-state index contributed by atoms with van der Waals surface area (Å²) in [6, 6.07) is 18.2. The molecular formula is C20H20FNO4. The molecule has 2 aromatic carbocycles. The maximum atomic E-state index is 14.3. The fraction of sp³-hybridized carbons (Fsp3) is 0.300. The van der Waals surface area contributed by atoms with E-state index in [0.717, 1.165) is 16.0 Å². The summed E-state index contributed by atoms with van der Waals surface area (Å²) in [6.45, 7) is -0.140. The molecule has 1 fully saturated rings. The molecular weight excluding hydrogens is 337 g/mol. The van der Waals surface area contributed by atoms with Crippen molar-refractivity contribution in [3.8, 4) is 0 Å². The zero-order chi connectivity index (χ0) is 18.4. The van der Waals surface area contributed by atoms with Gasteiger partial charge >= 0.3 is 6.09 Å². The molecule has 2 aromatic rings. The summed E-state index contributed by atoms with van der Waals surface area (Å²) >= 11 is 0. The fourth-order valence-corrected chi connectivity index (χ4v) is 2.84. The molecule has 136 valence electrons. The van der Waals surface area contributed by atoms with Crippen LogP contribution in [-0.4, -0.2) is 42.3 Å². The van der Waals surface area contributed by atoms with Crippen molar-refractivity contribution in [1.29, 1.82) is 0 Å². The van der Waals surface area contributed by atoms with Crippen LogP contribution < -0.4 is 0 Å². The number of carbonyl (C=O) groups is 2. The molecule has 0 bridgehead atoms. The van der Waals surface area contributed by atoms with E-state index >= 15 is 0 Å². The number of alkyl halides is 1. The maximum Gasteiger partial charge on any atom is 0.417 e. The second-order valence-corrected chi connectivity index (χ2v) is 6.10. The number of cyclic esters (lactones) is 1. The van der Waals surface area contributed by atoms with Gasteiger partial charge in [0.25, 0.3) is 5.91 Å². The summed E-state index contributed by atoms with van der Waals surface area (Å²) in [5.41, 5.74) is 1.83. The summed E-state index contributed by atoms with van der Waals surface area (Å²) in [5.74, 6) is -0.915. The number of nitrogens with zero attached hydrogens (tertiary/aromatic N) is 1. The van der Waals surface area contributed by atoms with Gasteiger partial charge in [0.15, 0.2) is 0 Å². The number of amides is 2. The molecule has 0 aromatic heterocycles. The lowest BCUT2D eigenvalue weighted by Crippen LogP contribution is -2.45. The van der Waals surface area contributed by atoms with Gasteiger partial charge < -0.3 is 9.47 Å². The number of benzene rings is 2. The third-order valence-corrected chi connectivity index (χ3v) is 4.16. The molecule has 0 aliphatic carbocycles. The molecule has 1 aliphatic rings. The summed E-state index contributed by atoms with van der Waals surface area (Å²) in [5, 5.41) is 0. The van der Waals surface area contributed by atoms with Crippen LogP contribution in [0.4, 0.5) is 9.18 Å². The Hall–Kier alpha value is -2.73. The quantitative estimate of drug-likeness (QED) is 0.764. The first kappa shape index (κ1) is 18.1. The van der Waals surface area contributed by atoms with Crippen LogP contribution in [0.2, 0.25) is 0 Å². The molecule has 2 atom stereocenters. The summed E-state index contributed by atoms with van der Waals surface area (Å²) in [7, 11) is 0. The second kappa shape index (κ2) is 8.58. The van der Waals surface area contributed by atoms with Crippen molar-refractivity contribution in [1.82, 2.24) is 4.90 Å². The largest absolute Gasteiger partial charge is 0.447 e. The third-order valence-electron chi connectivity index (χ3n) is 4.16. The summed E-state index contributed by atoms with van der Waals surface area (Å²) in [4.78, 5) is 25.1. The maximum absolute atomic E-state index is 14.3. The van der Waals surface area contributed by atoms with E-state index in [1.54, 1.807) is 0 Å². The minimum atomic E-state index is -1.91. The summed E-state index contributed by atoms with van der Waals surface area (Å²) in [6.07, 6.45) is -2.29. The highest BCUT2D eigenvalue weighted by atomic mass is 19.1. The molecule has 0 radical (unpaired) electrons. The van der Waals surface area contributed by atoms with Gasteiger partial charge in [-0.15, -0.1) is 0 Å². The van der Waals surface area contributed by atoms with Crippen molar-refractivity contribution in [2.24, 2.45) is 0 Å². The van der Waals surface area contributed by atoms with Crippen LogP contribution in [0.25, 0.3) is 0 Å². The van der Waals surface area contributed by atoms with E-state index in [0.29, 0.717) is 6.42 Å². The third kappa shape index (κ3) is 4.46. The fourth-order valence-electron chi connectivity index (χ4n) is 2.84. The first-order valence-electron chi connectivity index (χ1n) is 8.44. The zero-order valence-electron chi connectivity index (χ0n) is 14.2. The molecule has 0 N–H and O–H groups in total. The molecule has 26 heavy (non-hydrogen) atoms. The van der Waals surface area contributed by atoms with Crippen molar-refractivity contribution in [3.63, 3.8) is 0 Å². The Morgan fingerprint density at radius 1 is 1.12 bits per heavy atom. The van der Waals surface area contributed by atoms with Gasteiger partial charge in [0.2, 0.25) is 6.17 Å². The van der Waals surface area contributed by atoms with E-state index in [-0.39, 0.29) is 13.2 Å². The Labute approximate surface area is 151 Å². The zero-order valence-corrected chi connectivity index (χ0v) is 14.2. The predicted octanol–water partition coefficient (Wildman–Crippen LogP) is 3.13. The lowest BCUT2D eigenvalue weighted by atomic mass is 10.1. The number of hydrogen-bond donors (Lipinski definition) is 0. The summed E-state index contributed by atoms with van der Waals surface area (Å²) < 4.78 is 24.5. The van der Waals surface area contributed by atoms with Crippen molar-refractivity contribution >= 4 is 12.0 Å². The Kier molecular flexibility index (Phi) is 5.96. The van der Waals surface area contributed by atoms with Crippen molar-refractivity contribution in [3.05, 3.63) is 71.8 Å².